The molecule has 0 spiro atoms. The van der Waals surface area contributed by atoms with Gasteiger partial charge in [0.2, 0.25) is 0 Å². The van der Waals surface area contributed by atoms with Crippen molar-refractivity contribution in [1.29, 1.82) is 0 Å². The summed E-state index contributed by atoms with van der Waals surface area (Å²) in [6.07, 6.45) is 6.53. The number of hydrogen-bond donors (Lipinski definition) is 1. The summed E-state index contributed by atoms with van der Waals surface area (Å²) in [4.78, 5) is 21.1. The zero-order valence-electron chi connectivity index (χ0n) is 15.5. The fraction of sp³-hybridized carbons (Fsp3) is 0.500. The lowest BCUT2D eigenvalue weighted by molar-refractivity contribution is 0.0355. The summed E-state index contributed by atoms with van der Waals surface area (Å²) in [6, 6.07) is 7.53. The van der Waals surface area contributed by atoms with Crippen LogP contribution in [-0.2, 0) is 4.74 Å². The molecule has 1 aromatic carbocycles. The van der Waals surface area contributed by atoms with E-state index in [9.17, 15) is 4.79 Å². The molecule has 144 valence electrons. The maximum Gasteiger partial charge on any atom is 0.321 e. The highest BCUT2D eigenvalue weighted by Gasteiger charge is 2.25. The molecule has 2 saturated heterocycles. The van der Waals surface area contributed by atoms with Gasteiger partial charge in [-0.2, -0.15) is 0 Å². The maximum absolute atomic E-state index is 12.8. The molecule has 0 saturated carbocycles. The molecule has 0 aliphatic carbocycles. The van der Waals surface area contributed by atoms with Crippen LogP contribution < -0.4 is 5.32 Å². The molecule has 1 atom stereocenters. The van der Waals surface area contributed by atoms with Crippen LogP contribution in [0.4, 0.5) is 10.5 Å². The number of amides is 2. The van der Waals surface area contributed by atoms with Crippen molar-refractivity contribution in [3.63, 3.8) is 0 Å². The van der Waals surface area contributed by atoms with Crippen molar-refractivity contribution in [1.82, 2.24) is 14.8 Å². The predicted molar refractivity (Wildman–Crippen MR) is 103 cm³/mol. The summed E-state index contributed by atoms with van der Waals surface area (Å²) in [7, 11) is 0. The zero-order valence-corrected chi connectivity index (χ0v) is 15.5. The maximum atomic E-state index is 12.8. The number of ether oxygens (including phenoxy) is 1. The van der Waals surface area contributed by atoms with E-state index in [-0.39, 0.29) is 12.1 Å². The lowest BCUT2D eigenvalue weighted by Gasteiger charge is -2.27. The average molecular weight is 370 g/mol. The van der Waals surface area contributed by atoms with E-state index in [4.69, 9.17) is 9.15 Å². The van der Waals surface area contributed by atoms with Crippen LogP contribution in [-0.4, -0.2) is 66.2 Å². The number of anilines is 1. The van der Waals surface area contributed by atoms with E-state index in [1.165, 1.54) is 19.2 Å². The molecule has 1 N–H and O–H groups in total. The largest absolute Gasteiger partial charge is 0.444 e. The summed E-state index contributed by atoms with van der Waals surface area (Å²) in [5.41, 5.74) is 1.63. The Morgan fingerprint density at radius 3 is 2.93 bits per heavy atom. The zero-order chi connectivity index (χ0) is 18.5. The van der Waals surface area contributed by atoms with Gasteiger partial charge in [0.25, 0.3) is 0 Å². The van der Waals surface area contributed by atoms with Crippen LogP contribution in [0.2, 0.25) is 0 Å². The number of hydrogen-bond acceptors (Lipinski definition) is 5. The number of urea groups is 1. The molecule has 2 aliphatic heterocycles. The fourth-order valence-electron chi connectivity index (χ4n) is 3.75. The molecular formula is C20H26N4O3. The number of carbonyl (C=O) groups excluding carboxylic acids is 1. The van der Waals surface area contributed by atoms with E-state index in [0.29, 0.717) is 25.5 Å². The molecule has 4 rings (SSSR count). The Morgan fingerprint density at radius 1 is 1.22 bits per heavy atom. The SMILES string of the molecule is O=C(Nc1cccc(-c2cnco2)c1)N1CCCOC(CN2CCCC2)C1. The Hall–Kier alpha value is -2.38. The van der Waals surface area contributed by atoms with Crippen LogP contribution in [0.15, 0.2) is 41.3 Å². The van der Waals surface area contributed by atoms with Gasteiger partial charge in [0.05, 0.1) is 12.3 Å². The van der Waals surface area contributed by atoms with Gasteiger partial charge in [-0.3, -0.25) is 0 Å². The molecule has 2 amide bonds. The summed E-state index contributed by atoms with van der Waals surface area (Å²) in [6.45, 7) is 5.24. The fourth-order valence-corrected chi connectivity index (χ4v) is 3.75. The van der Waals surface area contributed by atoms with Gasteiger partial charge in [-0.25, -0.2) is 9.78 Å². The van der Waals surface area contributed by atoms with E-state index in [2.05, 4.69) is 15.2 Å². The topological polar surface area (TPSA) is 70.8 Å². The number of benzene rings is 1. The minimum Gasteiger partial charge on any atom is -0.444 e. The Labute approximate surface area is 159 Å². The third-order valence-electron chi connectivity index (χ3n) is 5.13. The van der Waals surface area contributed by atoms with Gasteiger partial charge >= 0.3 is 6.03 Å². The standard InChI is InChI=1S/C20H26N4O3/c25-20(22-17-6-3-5-16(11-17)19-12-21-15-27-19)24-9-4-10-26-18(14-24)13-23-7-1-2-8-23/h3,5-6,11-12,15,18H,1-2,4,7-10,13-14H2,(H,22,25). The Morgan fingerprint density at radius 2 is 2.11 bits per heavy atom. The van der Waals surface area contributed by atoms with Crippen molar-refractivity contribution in [2.75, 3.05) is 44.6 Å². The highest BCUT2D eigenvalue weighted by Crippen LogP contribution is 2.22. The van der Waals surface area contributed by atoms with Crippen LogP contribution in [0.1, 0.15) is 19.3 Å². The summed E-state index contributed by atoms with van der Waals surface area (Å²) < 4.78 is 11.3. The van der Waals surface area contributed by atoms with Crippen molar-refractivity contribution >= 4 is 11.7 Å². The first-order chi connectivity index (χ1) is 13.3. The Kier molecular flexibility index (Phi) is 5.69. The van der Waals surface area contributed by atoms with Crippen molar-refractivity contribution in [3.8, 4) is 11.3 Å². The molecule has 0 radical (unpaired) electrons. The summed E-state index contributed by atoms with van der Waals surface area (Å²) in [5.74, 6) is 0.681. The monoisotopic (exact) mass is 370 g/mol. The number of oxazole rings is 1. The van der Waals surface area contributed by atoms with E-state index < -0.39 is 0 Å². The normalized spacial score (nSPS) is 21.2. The molecule has 2 aliphatic rings. The first-order valence-electron chi connectivity index (χ1n) is 9.67. The molecule has 0 bridgehead atoms. The average Bonchev–Trinajstić information content (AvgIpc) is 3.34. The van der Waals surface area contributed by atoms with Crippen molar-refractivity contribution in [2.24, 2.45) is 0 Å². The van der Waals surface area contributed by atoms with Gasteiger partial charge < -0.3 is 24.3 Å². The Balaban J connectivity index is 1.38. The number of aromatic nitrogens is 1. The first kappa shape index (κ1) is 18.0. The lowest BCUT2D eigenvalue weighted by atomic mass is 10.1. The van der Waals surface area contributed by atoms with Crippen molar-refractivity contribution < 1.29 is 13.9 Å². The number of nitrogens with one attached hydrogen (secondary N) is 1. The number of carbonyl (C=O) groups is 1. The second kappa shape index (κ2) is 8.54. The van der Waals surface area contributed by atoms with Gasteiger partial charge in [-0.1, -0.05) is 12.1 Å². The van der Waals surface area contributed by atoms with Crippen molar-refractivity contribution in [2.45, 2.75) is 25.4 Å². The number of likely N-dealkylation sites (tertiary alicyclic amines) is 1. The van der Waals surface area contributed by atoms with E-state index in [1.54, 1.807) is 6.20 Å². The van der Waals surface area contributed by atoms with Crippen LogP contribution >= 0.6 is 0 Å². The van der Waals surface area contributed by atoms with Crippen LogP contribution in [0.3, 0.4) is 0 Å². The molecule has 2 aromatic rings. The summed E-state index contributed by atoms with van der Waals surface area (Å²) in [5, 5.41) is 3.01. The smallest absolute Gasteiger partial charge is 0.321 e. The van der Waals surface area contributed by atoms with Crippen LogP contribution in [0.5, 0.6) is 0 Å². The van der Waals surface area contributed by atoms with E-state index in [1.807, 2.05) is 29.2 Å². The van der Waals surface area contributed by atoms with Gasteiger partial charge in [0, 0.05) is 37.5 Å². The lowest BCUT2D eigenvalue weighted by Crippen LogP contribution is -2.43. The molecule has 1 unspecified atom stereocenters. The molecular weight excluding hydrogens is 344 g/mol. The molecule has 7 nitrogen and oxygen atoms in total. The van der Waals surface area contributed by atoms with Gasteiger partial charge in [0.1, 0.15) is 0 Å². The van der Waals surface area contributed by atoms with Gasteiger partial charge in [0.15, 0.2) is 12.2 Å². The summed E-state index contributed by atoms with van der Waals surface area (Å²) >= 11 is 0. The predicted octanol–water partition coefficient (Wildman–Crippen LogP) is 3.06. The second-order valence-corrected chi connectivity index (χ2v) is 7.18. The first-order valence-corrected chi connectivity index (χ1v) is 9.67. The highest BCUT2D eigenvalue weighted by molar-refractivity contribution is 5.90. The third-order valence-corrected chi connectivity index (χ3v) is 5.13. The third kappa shape index (κ3) is 4.67. The molecule has 7 heteroatoms. The quantitative estimate of drug-likeness (QED) is 0.896. The van der Waals surface area contributed by atoms with Crippen molar-refractivity contribution in [3.05, 3.63) is 36.9 Å². The number of rotatable bonds is 4. The van der Waals surface area contributed by atoms with Crippen LogP contribution in [0, 0.1) is 0 Å². The van der Waals surface area contributed by atoms with Gasteiger partial charge in [-0.15, -0.1) is 0 Å². The highest BCUT2D eigenvalue weighted by atomic mass is 16.5. The molecule has 1 aromatic heterocycles. The minimum atomic E-state index is -0.0818. The molecule has 27 heavy (non-hydrogen) atoms. The second-order valence-electron chi connectivity index (χ2n) is 7.18. The van der Waals surface area contributed by atoms with Gasteiger partial charge in [-0.05, 0) is 44.5 Å². The van der Waals surface area contributed by atoms with E-state index in [0.717, 1.165) is 37.3 Å². The number of nitrogens with zero attached hydrogens (tertiary/aromatic N) is 3. The van der Waals surface area contributed by atoms with Crippen LogP contribution in [0.25, 0.3) is 11.3 Å². The molecule has 3 heterocycles. The van der Waals surface area contributed by atoms with E-state index >= 15 is 0 Å². The Bertz CT molecular complexity index is 743. The minimum absolute atomic E-state index is 0.0804. The molecule has 2 fully saturated rings.